The number of nitrogens with zero attached hydrogens (tertiary/aromatic N) is 1. The van der Waals surface area contributed by atoms with Crippen molar-refractivity contribution >= 4 is 50.7 Å². The fourth-order valence-electron chi connectivity index (χ4n) is 1.12. The van der Waals surface area contributed by atoms with Gasteiger partial charge in [0.25, 0.3) is 5.91 Å². The topological polar surface area (TPSA) is 68.0 Å². The number of benzene rings is 1. The number of nitrogens with one attached hydrogen (secondary N) is 1. The molecular formula is C10H8IN3OS. The third-order valence-electron chi connectivity index (χ3n) is 1.86. The Morgan fingerprint density at radius 3 is 2.62 bits per heavy atom. The second kappa shape index (κ2) is 4.79. The minimum absolute atomic E-state index is 0.242. The van der Waals surface area contributed by atoms with Crippen LogP contribution in [0.5, 0.6) is 0 Å². The number of hydrogen-bond donors (Lipinski definition) is 2. The first-order valence-corrected chi connectivity index (χ1v) is 6.39. The lowest BCUT2D eigenvalue weighted by Gasteiger charge is -2.02. The maximum Gasteiger partial charge on any atom is 0.275 e. The van der Waals surface area contributed by atoms with Gasteiger partial charge in [-0.25, -0.2) is 4.98 Å². The average Bonchev–Trinajstić information content (AvgIpc) is 2.68. The zero-order chi connectivity index (χ0) is 11.5. The van der Waals surface area contributed by atoms with Crippen molar-refractivity contribution in [1.82, 2.24) is 4.98 Å². The number of carbonyl (C=O) groups is 1. The zero-order valence-corrected chi connectivity index (χ0v) is 11.1. The molecule has 4 nitrogen and oxygen atoms in total. The number of carbonyl (C=O) groups excluding carboxylic acids is 1. The van der Waals surface area contributed by atoms with Crippen molar-refractivity contribution in [3.05, 3.63) is 38.9 Å². The number of hydrogen-bond acceptors (Lipinski definition) is 4. The number of rotatable bonds is 2. The molecule has 0 saturated heterocycles. The molecule has 1 aromatic carbocycles. The Morgan fingerprint density at radius 2 is 2.06 bits per heavy atom. The summed E-state index contributed by atoms with van der Waals surface area (Å²) in [6.45, 7) is 0. The molecule has 1 heterocycles. The van der Waals surface area contributed by atoms with Crippen LogP contribution in [-0.2, 0) is 0 Å². The second-order valence-electron chi connectivity index (χ2n) is 3.03. The first kappa shape index (κ1) is 11.3. The maximum atomic E-state index is 11.7. The van der Waals surface area contributed by atoms with E-state index in [0.717, 1.165) is 9.26 Å². The summed E-state index contributed by atoms with van der Waals surface area (Å²) in [7, 11) is 0. The Labute approximate surface area is 110 Å². The van der Waals surface area contributed by atoms with E-state index in [1.54, 1.807) is 5.38 Å². The number of halogens is 1. The highest BCUT2D eigenvalue weighted by atomic mass is 127. The van der Waals surface area contributed by atoms with Crippen LogP contribution in [0.1, 0.15) is 10.5 Å². The lowest BCUT2D eigenvalue weighted by molar-refractivity contribution is 0.102. The zero-order valence-electron chi connectivity index (χ0n) is 8.11. The van der Waals surface area contributed by atoms with Crippen molar-refractivity contribution in [1.29, 1.82) is 0 Å². The van der Waals surface area contributed by atoms with Crippen LogP contribution >= 0.6 is 33.9 Å². The van der Waals surface area contributed by atoms with Gasteiger partial charge in [0.1, 0.15) is 5.69 Å². The molecule has 16 heavy (non-hydrogen) atoms. The summed E-state index contributed by atoms with van der Waals surface area (Å²) >= 11 is 3.46. The molecule has 0 aliphatic carbocycles. The van der Waals surface area contributed by atoms with Gasteiger partial charge in [-0.2, -0.15) is 0 Å². The van der Waals surface area contributed by atoms with Crippen molar-refractivity contribution in [2.45, 2.75) is 0 Å². The quantitative estimate of drug-likeness (QED) is 0.822. The fraction of sp³-hybridized carbons (Fsp3) is 0. The van der Waals surface area contributed by atoms with Crippen molar-refractivity contribution < 1.29 is 4.79 Å². The highest BCUT2D eigenvalue weighted by molar-refractivity contribution is 14.1. The van der Waals surface area contributed by atoms with E-state index >= 15 is 0 Å². The Morgan fingerprint density at radius 1 is 1.38 bits per heavy atom. The minimum Gasteiger partial charge on any atom is -0.375 e. The van der Waals surface area contributed by atoms with E-state index in [1.165, 1.54) is 11.3 Å². The van der Waals surface area contributed by atoms with E-state index in [9.17, 15) is 4.79 Å². The highest BCUT2D eigenvalue weighted by Gasteiger charge is 2.09. The molecule has 6 heteroatoms. The Bertz CT molecular complexity index is 509. The lowest BCUT2D eigenvalue weighted by atomic mass is 10.3. The smallest absolute Gasteiger partial charge is 0.275 e. The highest BCUT2D eigenvalue weighted by Crippen LogP contribution is 2.15. The van der Waals surface area contributed by atoms with E-state index < -0.39 is 0 Å². The normalized spacial score (nSPS) is 10.1. The molecule has 0 radical (unpaired) electrons. The van der Waals surface area contributed by atoms with Gasteiger partial charge in [-0.15, -0.1) is 11.3 Å². The predicted molar refractivity (Wildman–Crippen MR) is 73.6 cm³/mol. The van der Waals surface area contributed by atoms with Gasteiger partial charge in [-0.05, 0) is 46.9 Å². The molecule has 0 unspecified atom stereocenters. The molecule has 2 rings (SSSR count). The summed E-state index contributed by atoms with van der Waals surface area (Å²) in [4.78, 5) is 15.6. The summed E-state index contributed by atoms with van der Waals surface area (Å²) in [6, 6.07) is 7.53. The minimum atomic E-state index is -0.242. The van der Waals surface area contributed by atoms with Crippen LogP contribution in [0.2, 0.25) is 0 Å². The molecule has 1 amide bonds. The SMILES string of the molecule is Nc1nc(C(=O)Nc2ccc(I)cc2)cs1. The van der Waals surface area contributed by atoms with Crippen molar-refractivity contribution in [3.63, 3.8) is 0 Å². The summed E-state index contributed by atoms with van der Waals surface area (Å²) < 4.78 is 1.12. The molecule has 2 aromatic rings. The maximum absolute atomic E-state index is 11.7. The average molecular weight is 345 g/mol. The van der Waals surface area contributed by atoms with Gasteiger partial charge < -0.3 is 11.1 Å². The van der Waals surface area contributed by atoms with Gasteiger partial charge in [0.15, 0.2) is 5.13 Å². The van der Waals surface area contributed by atoms with E-state index in [4.69, 9.17) is 5.73 Å². The standard InChI is InChI=1S/C10H8IN3OS/c11-6-1-3-7(4-2-6)13-9(15)8-5-16-10(12)14-8/h1-5H,(H2,12,14)(H,13,15). The molecule has 0 bridgehead atoms. The summed E-state index contributed by atoms with van der Waals surface area (Å²) in [6.07, 6.45) is 0. The van der Waals surface area contributed by atoms with Crippen LogP contribution in [0.3, 0.4) is 0 Å². The van der Waals surface area contributed by atoms with Gasteiger partial charge in [0.05, 0.1) is 0 Å². The van der Waals surface area contributed by atoms with Crippen LogP contribution in [0.15, 0.2) is 29.6 Å². The molecule has 82 valence electrons. The van der Waals surface area contributed by atoms with Gasteiger partial charge in [-0.1, -0.05) is 0 Å². The largest absolute Gasteiger partial charge is 0.375 e. The van der Waals surface area contributed by atoms with E-state index in [2.05, 4.69) is 32.9 Å². The Hall–Kier alpha value is -1.15. The molecule has 1 aromatic heterocycles. The van der Waals surface area contributed by atoms with Gasteiger partial charge >= 0.3 is 0 Å². The third-order valence-corrected chi connectivity index (χ3v) is 3.25. The second-order valence-corrected chi connectivity index (χ2v) is 5.17. The molecule has 0 aliphatic rings. The predicted octanol–water partition coefficient (Wildman–Crippen LogP) is 2.58. The van der Waals surface area contributed by atoms with E-state index in [-0.39, 0.29) is 5.91 Å². The Balaban J connectivity index is 2.10. The molecule has 0 atom stereocenters. The molecule has 0 spiro atoms. The van der Waals surface area contributed by atoms with Crippen LogP contribution < -0.4 is 11.1 Å². The summed E-state index contributed by atoms with van der Waals surface area (Å²) in [5, 5.41) is 4.78. The number of anilines is 2. The van der Waals surface area contributed by atoms with E-state index in [0.29, 0.717) is 10.8 Å². The third kappa shape index (κ3) is 2.70. The van der Waals surface area contributed by atoms with Crippen molar-refractivity contribution in [2.75, 3.05) is 11.1 Å². The summed E-state index contributed by atoms with van der Waals surface area (Å²) in [5.74, 6) is -0.242. The number of nitrogens with two attached hydrogens (primary N) is 1. The number of nitrogen functional groups attached to an aromatic ring is 1. The number of aromatic nitrogens is 1. The fourth-order valence-corrected chi connectivity index (χ4v) is 2.02. The van der Waals surface area contributed by atoms with Gasteiger partial charge in [-0.3, -0.25) is 4.79 Å². The van der Waals surface area contributed by atoms with E-state index in [1.807, 2.05) is 24.3 Å². The molecule has 0 aliphatic heterocycles. The van der Waals surface area contributed by atoms with Crippen molar-refractivity contribution in [2.24, 2.45) is 0 Å². The van der Waals surface area contributed by atoms with Crippen LogP contribution in [0, 0.1) is 3.57 Å². The van der Waals surface area contributed by atoms with Crippen LogP contribution in [-0.4, -0.2) is 10.9 Å². The molecule has 0 fully saturated rings. The monoisotopic (exact) mass is 345 g/mol. The number of amides is 1. The molecular weight excluding hydrogens is 337 g/mol. The first-order valence-electron chi connectivity index (χ1n) is 4.43. The van der Waals surface area contributed by atoms with Crippen LogP contribution in [0.4, 0.5) is 10.8 Å². The lowest BCUT2D eigenvalue weighted by Crippen LogP contribution is -2.12. The summed E-state index contributed by atoms with van der Waals surface area (Å²) in [5.41, 5.74) is 6.55. The van der Waals surface area contributed by atoms with Gasteiger partial charge in [0, 0.05) is 14.6 Å². The Kier molecular flexibility index (Phi) is 3.39. The number of thiazole rings is 1. The first-order chi connectivity index (χ1) is 7.65. The van der Waals surface area contributed by atoms with Crippen LogP contribution in [0.25, 0.3) is 0 Å². The molecule has 0 saturated carbocycles. The van der Waals surface area contributed by atoms with Crippen molar-refractivity contribution in [3.8, 4) is 0 Å². The molecule has 3 N–H and O–H groups in total. The van der Waals surface area contributed by atoms with Gasteiger partial charge in [0.2, 0.25) is 0 Å².